The van der Waals surface area contributed by atoms with E-state index < -0.39 is 0 Å². The number of hydrogen-bond donors (Lipinski definition) is 2. The minimum atomic E-state index is 0.336. The maximum Gasteiger partial charge on any atom is 0.225 e. The second-order valence-corrected chi connectivity index (χ2v) is 7.73. The molecule has 0 aliphatic carbocycles. The van der Waals surface area contributed by atoms with Gasteiger partial charge in [-0.2, -0.15) is 4.98 Å². The van der Waals surface area contributed by atoms with Gasteiger partial charge < -0.3 is 15.5 Å². The molecule has 2 aromatic rings. The Balaban J connectivity index is 0.00000204. The van der Waals surface area contributed by atoms with Crippen molar-refractivity contribution in [2.75, 3.05) is 29.1 Å². The Labute approximate surface area is 182 Å². The lowest BCUT2D eigenvalue weighted by Crippen LogP contribution is -2.27. The quantitative estimate of drug-likeness (QED) is 0.462. The van der Waals surface area contributed by atoms with Crippen LogP contribution in [-0.2, 0) is 0 Å². The van der Waals surface area contributed by atoms with Gasteiger partial charge in [-0.25, -0.2) is 4.98 Å². The molecule has 0 fully saturated rings. The second-order valence-electron chi connectivity index (χ2n) is 7.29. The fraction of sp³-hybridized carbons (Fsp3) is 0.565. The monoisotopic (exact) mass is 419 g/mol. The first-order valence-corrected chi connectivity index (χ1v) is 11.1. The first-order chi connectivity index (χ1) is 13.8. The smallest absolute Gasteiger partial charge is 0.225 e. The highest BCUT2D eigenvalue weighted by atomic mass is 35.5. The Kier molecular flexibility index (Phi) is 10.8. The number of rotatable bonds is 9. The Morgan fingerprint density at radius 1 is 1.14 bits per heavy atom. The molecule has 1 unspecified atom stereocenters. The summed E-state index contributed by atoms with van der Waals surface area (Å²) in [7, 11) is 2.08. The van der Waals surface area contributed by atoms with Crippen molar-refractivity contribution in [1.29, 1.82) is 0 Å². The van der Waals surface area contributed by atoms with Crippen LogP contribution in [0.3, 0.4) is 0 Å². The van der Waals surface area contributed by atoms with Crippen LogP contribution in [0.4, 0.5) is 23.1 Å². The number of halogens is 1. The lowest BCUT2D eigenvalue weighted by molar-refractivity contribution is 0.508. The van der Waals surface area contributed by atoms with Gasteiger partial charge in [0.2, 0.25) is 5.95 Å². The van der Waals surface area contributed by atoms with Gasteiger partial charge in [0.25, 0.3) is 0 Å². The number of anilines is 4. The summed E-state index contributed by atoms with van der Waals surface area (Å²) in [6.07, 6.45) is 2.08. The van der Waals surface area contributed by atoms with Crippen LogP contribution in [-0.4, -0.2) is 29.6 Å². The number of aromatic nitrogens is 2. The number of benzene rings is 1. The summed E-state index contributed by atoms with van der Waals surface area (Å²) in [6, 6.07) is 8.02. The predicted molar refractivity (Wildman–Crippen MR) is 129 cm³/mol. The second kappa shape index (κ2) is 12.5. The molecule has 29 heavy (non-hydrogen) atoms. The molecule has 1 aromatic carbocycles. The van der Waals surface area contributed by atoms with E-state index in [9.17, 15) is 0 Å². The van der Waals surface area contributed by atoms with Crippen molar-refractivity contribution >= 4 is 34.7 Å². The topological polar surface area (TPSA) is 53.1 Å². The average Bonchev–Trinajstić information content (AvgIpc) is 2.67. The Morgan fingerprint density at radius 2 is 1.83 bits per heavy atom. The summed E-state index contributed by atoms with van der Waals surface area (Å²) in [5.74, 6) is 1.96. The molecule has 162 valence electrons. The largest absolute Gasteiger partial charge is 0.370 e. The zero-order valence-electron chi connectivity index (χ0n) is 19.3. The van der Waals surface area contributed by atoms with Crippen LogP contribution in [0.5, 0.6) is 0 Å². The van der Waals surface area contributed by atoms with Crippen LogP contribution in [0.1, 0.15) is 60.1 Å². The van der Waals surface area contributed by atoms with Gasteiger partial charge in [0.15, 0.2) is 5.82 Å². The highest BCUT2D eigenvalue weighted by Gasteiger charge is 2.18. The van der Waals surface area contributed by atoms with Crippen molar-refractivity contribution in [1.82, 2.24) is 9.97 Å². The SMILES string of the molecule is CC.CCCN(C)c1c(C)nc(NC(CC)C(C)C)nc1Nc1cccc(Cl)c1. The summed E-state index contributed by atoms with van der Waals surface area (Å²) in [4.78, 5) is 11.8. The van der Waals surface area contributed by atoms with Crippen LogP contribution >= 0.6 is 11.6 Å². The van der Waals surface area contributed by atoms with Crippen molar-refractivity contribution < 1.29 is 0 Å². The minimum Gasteiger partial charge on any atom is -0.370 e. The zero-order chi connectivity index (χ0) is 22.0. The van der Waals surface area contributed by atoms with E-state index in [0.717, 1.165) is 42.3 Å². The van der Waals surface area contributed by atoms with Crippen LogP contribution in [0.15, 0.2) is 24.3 Å². The van der Waals surface area contributed by atoms with Crippen molar-refractivity contribution in [3.05, 3.63) is 35.0 Å². The van der Waals surface area contributed by atoms with E-state index in [4.69, 9.17) is 21.6 Å². The number of nitrogens with zero attached hydrogens (tertiary/aromatic N) is 3. The van der Waals surface area contributed by atoms with Crippen LogP contribution in [0.2, 0.25) is 5.02 Å². The molecule has 0 spiro atoms. The molecule has 0 saturated heterocycles. The molecule has 2 rings (SSSR count). The Morgan fingerprint density at radius 3 is 2.38 bits per heavy atom. The summed E-state index contributed by atoms with van der Waals surface area (Å²) in [6.45, 7) is 15.7. The molecular weight excluding hydrogens is 382 g/mol. The molecule has 0 saturated carbocycles. The molecule has 0 radical (unpaired) electrons. The highest BCUT2D eigenvalue weighted by Crippen LogP contribution is 2.31. The summed E-state index contributed by atoms with van der Waals surface area (Å²) in [5, 5.41) is 7.63. The summed E-state index contributed by atoms with van der Waals surface area (Å²) in [5.41, 5.74) is 2.88. The normalized spacial score (nSPS) is 11.5. The molecule has 2 N–H and O–H groups in total. The van der Waals surface area contributed by atoms with E-state index in [0.29, 0.717) is 22.9 Å². The van der Waals surface area contributed by atoms with Gasteiger partial charge in [-0.1, -0.05) is 59.2 Å². The molecule has 1 atom stereocenters. The summed E-state index contributed by atoms with van der Waals surface area (Å²) >= 11 is 6.15. The third kappa shape index (κ3) is 7.39. The molecule has 1 heterocycles. The van der Waals surface area contributed by atoms with Gasteiger partial charge in [-0.05, 0) is 43.9 Å². The maximum atomic E-state index is 6.15. The van der Waals surface area contributed by atoms with Crippen LogP contribution in [0.25, 0.3) is 0 Å². The van der Waals surface area contributed by atoms with Crippen molar-refractivity contribution in [2.45, 2.75) is 67.3 Å². The maximum absolute atomic E-state index is 6.15. The van der Waals surface area contributed by atoms with Gasteiger partial charge in [0, 0.05) is 30.3 Å². The molecular formula is C23H38ClN5. The molecule has 0 amide bonds. The number of hydrogen-bond acceptors (Lipinski definition) is 5. The van der Waals surface area contributed by atoms with Gasteiger partial charge >= 0.3 is 0 Å². The number of nitrogens with one attached hydrogen (secondary N) is 2. The van der Waals surface area contributed by atoms with Gasteiger partial charge in [-0.3, -0.25) is 0 Å². The first kappa shape index (κ1) is 25.0. The van der Waals surface area contributed by atoms with E-state index >= 15 is 0 Å². The molecule has 0 aliphatic rings. The standard InChI is InChI=1S/C21H32ClN5.C2H6/c1-7-12-27(6)19-15(5)23-21(25-18(8-2)14(3)4)26-20(19)24-17-11-9-10-16(22)13-17;1-2/h9-11,13-14,18H,7-8,12H2,1-6H3,(H2,23,24,25,26);1-2H3. The van der Waals surface area contributed by atoms with Crippen molar-refractivity contribution in [3.63, 3.8) is 0 Å². The minimum absolute atomic E-state index is 0.336. The fourth-order valence-corrected chi connectivity index (χ4v) is 3.42. The fourth-order valence-electron chi connectivity index (χ4n) is 3.23. The van der Waals surface area contributed by atoms with E-state index in [2.05, 4.69) is 50.3 Å². The summed E-state index contributed by atoms with van der Waals surface area (Å²) < 4.78 is 0. The first-order valence-electron chi connectivity index (χ1n) is 10.7. The van der Waals surface area contributed by atoms with E-state index in [1.54, 1.807) is 0 Å². The molecule has 6 heteroatoms. The Bertz CT molecular complexity index is 748. The molecule has 1 aromatic heterocycles. The van der Waals surface area contributed by atoms with Crippen LogP contribution < -0.4 is 15.5 Å². The lowest BCUT2D eigenvalue weighted by atomic mass is 10.0. The average molecular weight is 420 g/mol. The third-order valence-corrected chi connectivity index (χ3v) is 4.88. The Hall–Kier alpha value is -2.01. The van der Waals surface area contributed by atoms with Crippen molar-refractivity contribution in [2.24, 2.45) is 5.92 Å². The molecule has 0 aliphatic heterocycles. The van der Waals surface area contributed by atoms with Gasteiger partial charge in [-0.15, -0.1) is 0 Å². The number of aryl methyl sites for hydroxylation is 1. The van der Waals surface area contributed by atoms with Crippen molar-refractivity contribution in [3.8, 4) is 0 Å². The zero-order valence-corrected chi connectivity index (χ0v) is 20.1. The molecule has 0 bridgehead atoms. The van der Waals surface area contributed by atoms with E-state index in [1.807, 2.05) is 45.0 Å². The lowest BCUT2D eigenvalue weighted by Gasteiger charge is -2.26. The van der Waals surface area contributed by atoms with E-state index in [-0.39, 0.29) is 0 Å². The van der Waals surface area contributed by atoms with Gasteiger partial charge in [0.1, 0.15) is 5.69 Å². The van der Waals surface area contributed by atoms with Gasteiger partial charge in [0.05, 0.1) is 5.69 Å². The predicted octanol–water partition coefficient (Wildman–Crippen LogP) is 6.90. The van der Waals surface area contributed by atoms with E-state index in [1.165, 1.54) is 0 Å². The highest BCUT2D eigenvalue weighted by molar-refractivity contribution is 6.30. The molecule has 5 nitrogen and oxygen atoms in total. The van der Waals surface area contributed by atoms with Crippen LogP contribution in [0, 0.1) is 12.8 Å². The third-order valence-electron chi connectivity index (χ3n) is 4.65.